The van der Waals surface area contributed by atoms with Gasteiger partial charge in [-0.15, -0.1) is 0 Å². The van der Waals surface area contributed by atoms with Gasteiger partial charge in [-0.05, 0) is 34.2 Å². The summed E-state index contributed by atoms with van der Waals surface area (Å²) >= 11 is 2.27. The molecule has 2 rings (SSSR count). The summed E-state index contributed by atoms with van der Waals surface area (Å²) < 4.78 is 3.13. The van der Waals surface area contributed by atoms with Crippen molar-refractivity contribution in [2.24, 2.45) is 0 Å². The molecule has 1 aromatic carbocycles. The van der Waals surface area contributed by atoms with Gasteiger partial charge in [0.15, 0.2) is 0 Å². The number of aromatic nitrogens is 2. The lowest BCUT2D eigenvalue weighted by atomic mass is 10.1. The smallest absolute Gasteiger partial charge is 0.0680 e. The van der Waals surface area contributed by atoms with Gasteiger partial charge in [0, 0.05) is 26.0 Å². The zero-order valence-corrected chi connectivity index (χ0v) is 11.5. The summed E-state index contributed by atoms with van der Waals surface area (Å²) in [6, 6.07) is 8.40. The highest BCUT2D eigenvalue weighted by molar-refractivity contribution is 14.1. The maximum Gasteiger partial charge on any atom is 0.0680 e. The lowest BCUT2D eigenvalue weighted by molar-refractivity contribution is 0.686. The summed E-state index contributed by atoms with van der Waals surface area (Å²) in [5.41, 5.74) is 2.53. The van der Waals surface area contributed by atoms with Gasteiger partial charge in [0.2, 0.25) is 0 Å². The van der Waals surface area contributed by atoms with E-state index in [4.69, 9.17) is 0 Å². The van der Waals surface area contributed by atoms with E-state index in [1.54, 1.807) is 0 Å². The van der Waals surface area contributed by atoms with Gasteiger partial charge >= 0.3 is 0 Å². The summed E-state index contributed by atoms with van der Waals surface area (Å²) in [6.45, 7) is 0.817. The molecule has 0 fully saturated rings. The Morgan fingerprint density at radius 3 is 2.69 bits per heavy atom. The Labute approximate surface area is 109 Å². The second-order valence-corrected chi connectivity index (χ2v) is 5.12. The van der Waals surface area contributed by atoms with Crippen LogP contribution in [0, 0.1) is 3.57 Å². The van der Waals surface area contributed by atoms with Gasteiger partial charge in [-0.2, -0.15) is 5.10 Å². The minimum Gasteiger partial charge on any atom is -0.377 e. The molecule has 0 unspecified atom stereocenters. The number of hydrogen-bond acceptors (Lipinski definition) is 2. The molecule has 0 spiro atoms. The molecular formula is C12H14IN3. The molecule has 0 bridgehead atoms. The van der Waals surface area contributed by atoms with Gasteiger partial charge < -0.3 is 4.90 Å². The highest BCUT2D eigenvalue weighted by atomic mass is 127. The molecule has 16 heavy (non-hydrogen) atoms. The van der Waals surface area contributed by atoms with Crippen molar-refractivity contribution in [2.75, 3.05) is 19.0 Å². The monoisotopic (exact) mass is 327 g/mol. The molecule has 0 atom stereocenters. The highest BCUT2D eigenvalue weighted by Crippen LogP contribution is 2.18. The Morgan fingerprint density at radius 1 is 1.31 bits per heavy atom. The minimum absolute atomic E-state index is 0.817. The molecule has 4 heteroatoms. The largest absolute Gasteiger partial charge is 0.377 e. The standard InChI is InChI=1S/C12H14IN3/c1-15(2)12-6-4-3-5-10(12)8-16-9-11(13)7-14-16/h3-7,9H,8H2,1-2H3. The third-order valence-electron chi connectivity index (χ3n) is 2.41. The summed E-state index contributed by atoms with van der Waals surface area (Å²) in [6.07, 6.45) is 3.92. The van der Waals surface area contributed by atoms with Crippen LogP contribution in [0.3, 0.4) is 0 Å². The predicted molar refractivity (Wildman–Crippen MR) is 74.8 cm³/mol. The zero-order valence-electron chi connectivity index (χ0n) is 9.39. The van der Waals surface area contributed by atoms with Crippen LogP contribution in [0.5, 0.6) is 0 Å². The fourth-order valence-corrected chi connectivity index (χ4v) is 2.13. The topological polar surface area (TPSA) is 21.1 Å². The average Bonchev–Trinajstić information content (AvgIpc) is 2.64. The zero-order chi connectivity index (χ0) is 11.5. The van der Waals surface area contributed by atoms with E-state index in [1.807, 2.05) is 17.1 Å². The molecule has 84 valence electrons. The van der Waals surface area contributed by atoms with Crippen molar-refractivity contribution < 1.29 is 0 Å². The van der Waals surface area contributed by atoms with Crippen LogP contribution < -0.4 is 4.90 Å². The molecule has 0 aliphatic rings. The molecule has 0 saturated carbocycles. The molecular weight excluding hydrogens is 313 g/mol. The van der Waals surface area contributed by atoms with E-state index in [0.29, 0.717) is 0 Å². The van der Waals surface area contributed by atoms with Crippen LogP contribution in [0.1, 0.15) is 5.56 Å². The number of benzene rings is 1. The fraction of sp³-hybridized carbons (Fsp3) is 0.250. The average molecular weight is 327 g/mol. The Balaban J connectivity index is 2.27. The molecule has 3 nitrogen and oxygen atoms in total. The van der Waals surface area contributed by atoms with E-state index in [-0.39, 0.29) is 0 Å². The number of rotatable bonds is 3. The van der Waals surface area contributed by atoms with E-state index in [9.17, 15) is 0 Å². The van der Waals surface area contributed by atoms with E-state index >= 15 is 0 Å². The SMILES string of the molecule is CN(C)c1ccccc1Cn1cc(I)cn1. The molecule has 0 aliphatic heterocycles. The molecule has 0 radical (unpaired) electrons. The molecule has 0 aliphatic carbocycles. The van der Waals surface area contributed by atoms with Crippen LogP contribution in [-0.4, -0.2) is 23.9 Å². The Kier molecular flexibility index (Phi) is 3.48. The van der Waals surface area contributed by atoms with Crippen LogP contribution in [-0.2, 0) is 6.54 Å². The molecule has 0 amide bonds. The van der Waals surface area contributed by atoms with Crippen molar-refractivity contribution in [1.29, 1.82) is 0 Å². The van der Waals surface area contributed by atoms with Crippen molar-refractivity contribution >= 4 is 28.3 Å². The summed E-state index contributed by atoms with van der Waals surface area (Å²) in [5.74, 6) is 0. The summed E-state index contributed by atoms with van der Waals surface area (Å²) in [7, 11) is 4.12. The van der Waals surface area contributed by atoms with Crippen molar-refractivity contribution in [3.8, 4) is 0 Å². The van der Waals surface area contributed by atoms with E-state index in [1.165, 1.54) is 14.8 Å². The van der Waals surface area contributed by atoms with Gasteiger partial charge in [-0.1, -0.05) is 18.2 Å². The van der Waals surface area contributed by atoms with Gasteiger partial charge in [0.05, 0.1) is 16.3 Å². The second-order valence-electron chi connectivity index (χ2n) is 3.88. The Morgan fingerprint density at radius 2 is 2.06 bits per heavy atom. The first-order valence-electron chi connectivity index (χ1n) is 5.10. The van der Waals surface area contributed by atoms with Crippen LogP contribution in [0.4, 0.5) is 5.69 Å². The molecule has 1 heterocycles. The van der Waals surface area contributed by atoms with Gasteiger partial charge in [-0.25, -0.2) is 0 Å². The number of para-hydroxylation sites is 1. The van der Waals surface area contributed by atoms with Crippen LogP contribution in [0.2, 0.25) is 0 Å². The van der Waals surface area contributed by atoms with E-state index in [2.05, 4.69) is 71.0 Å². The van der Waals surface area contributed by atoms with Crippen LogP contribution >= 0.6 is 22.6 Å². The lowest BCUT2D eigenvalue weighted by Crippen LogP contribution is -2.12. The highest BCUT2D eigenvalue weighted by Gasteiger charge is 2.04. The van der Waals surface area contributed by atoms with Crippen LogP contribution in [0.15, 0.2) is 36.7 Å². The van der Waals surface area contributed by atoms with E-state index in [0.717, 1.165) is 6.54 Å². The quantitative estimate of drug-likeness (QED) is 0.808. The maximum absolute atomic E-state index is 4.30. The maximum atomic E-state index is 4.30. The predicted octanol–water partition coefficient (Wildman–Crippen LogP) is 2.60. The van der Waals surface area contributed by atoms with Crippen molar-refractivity contribution in [1.82, 2.24) is 9.78 Å². The molecule has 1 aromatic heterocycles. The van der Waals surface area contributed by atoms with Crippen molar-refractivity contribution in [3.05, 3.63) is 45.8 Å². The minimum atomic E-state index is 0.817. The molecule has 2 aromatic rings. The summed E-state index contributed by atoms with van der Waals surface area (Å²) in [5, 5.41) is 4.30. The third kappa shape index (κ3) is 2.55. The molecule has 0 saturated heterocycles. The first-order valence-corrected chi connectivity index (χ1v) is 6.18. The first kappa shape index (κ1) is 11.4. The fourth-order valence-electron chi connectivity index (χ4n) is 1.68. The first-order chi connectivity index (χ1) is 7.66. The van der Waals surface area contributed by atoms with Gasteiger partial charge in [0.25, 0.3) is 0 Å². The van der Waals surface area contributed by atoms with Gasteiger partial charge in [0.1, 0.15) is 0 Å². The Bertz CT molecular complexity index is 477. The number of halogens is 1. The van der Waals surface area contributed by atoms with Crippen molar-refractivity contribution in [3.63, 3.8) is 0 Å². The second kappa shape index (κ2) is 4.86. The lowest BCUT2D eigenvalue weighted by Gasteiger charge is -2.17. The number of hydrogen-bond donors (Lipinski definition) is 0. The van der Waals surface area contributed by atoms with E-state index < -0.39 is 0 Å². The Hall–Kier alpha value is -1.04. The normalized spacial score (nSPS) is 10.4. The molecule has 0 N–H and O–H groups in total. The van der Waals surface area contributed by atoms with Crippen LogP contribution in [0.25, 0.3) is 0 Å². The third-order valence-corrected chi connectivity index (χ3v) is 2.96. The number of anilines is 1. The van der Waals surface area contributed by atoms with Gasteiger partial charge in [-0.3, -0.25) is 4.68 Å². The van der Waals surface area contributed by atoms with Crippen molar-refractivity contribution in [2.45, 2.75) is 6.54 Å². The summed E-state index contributed by atoms with van der Waals surface area (Å²) in [4.78, 5) is 2.13. The number of nitrogens with zero attached hydrogens (tertiary/aromatic N) is 3.